The second-order valence-electron chi connectivity index (χ2n) is 7.34. The summed E-state index contributed by atoms with van der Waals surface area (Å²) in [5, 5.41) is 3.92. The van der Waals surface area contributed by atoms with Gasteiger partial charge in [0.05, 0.1) is 6.61 Å². The highest BCUT2D eigenvalue weighted by Gasteiger charge is 2.24. The van der Waals surface area contributed by atoms with E-state index < -0.39 is 0 Å². The largest absolute Gasteiger partial charge is 0.493 e. The summed E-state index contributed by atoms with van der Waals surface area (Å²) >= 11 is 0. The molecule has 0 unspecified atom stereocenters. The SMILES string of the molecule is Fc1ccc(OC[C@H]2CC[C@H](NC3CCCCCC3)CC2)cc1. The molecule has 3 rings (SSSR count). The summed E-state index contributed by atoms with van der Waals surface area (Å²) in [4.78, 5) is 0. The van der Waals surface area contributed by atoms with Crippen LogP contribution in [0.4, 0.5) is 4.39 Å². The summed E-state index contributed by atoms with van der Waals surface area (Å²) in [7, 11) is 0. The molecule has 1 aromatic carbocycles. The number of benzene rings is 1. The normalized spacial score (nSPS) is 26.7. The first-order chi connectivity index (χ1) is 11.3. The molecule has 0 amide bonds. The fourth-order valence-corrected chi connectivity index (χ4v) is 4.02. The van der Waals surface area contributed by atoms with Crippen molar-refractivity contribution < 1.29 is 9.13 Å². The highest BCUT2D eigenvalue weighted by atomic mass is 19.1. The fraction of sp³-hybridized carbons (Fsp3) is 0.700. The van der Waals surface area contributed by atoms with Gasteiger partial charge in [0.1, 0.15) is 11.6 Å². The average Bonchev–Trinajstić information content (AvgIpc) is 2.84. The molecule has 1 aromatic rings. The van der Waals surface area contributed by atoms with E-state index in [0.29, 0.717) is 12.0 Å². The van der Waals surface area contributed by atoms with Crippen LogP contribution in [0.1, 0.15) is 64.2 Å². The van der Waals surface area contributed by atoms with Gasteiger partial charge in [0.15, 0.2) is 0 Å². The standard InChI is InChI=1S/C20H30FNO/c21-17-9-13-20(14-10-17)23-15-16-7-11-19(12-8-16)22-18-5-3-1-2-4-6-18/h9-10,13-14,16,18-19,22H,1-8,11-12,15H2/t16-,19-. The van der Waals surface area contributed by atoms with Crippen LogP contribution in [0.25, 0.3) is 0 Å². The fourth-order valence-electron chi connectivity index (χ4n) is 4.02. The highest BCUT2D eigenvalue weighted by Crippen LogP contribution is 2.27. The van der Waals surface area contributed by atoms with Crippen LogP contribution >= 0.6 is 0 Å². The molecule has 128 valence electrons. The lowest BCUT2D eigenvalue weighted by atomic mass is 9.86. The van der Waals surface area contributed by atoms with Gasteiger partial charge in [0.2, 0.25) is 0 Å². The Hall–Kier alpha value is -1.09. The van der Waals surface area contributed by atoms with Crippen LogP contribution in [0, 0.1) is 11.7 Å². The average molecular weight is 319 g/mol. The number of ether oxygens (including phenoxy) is 1. The van der Waals surface area contributed by atoms with E-state index in [1.54, 1.807) is 12.1 Å². The van der Waals surface area contributed by atoms with E-state index in [1.807, 2.05) is 0 Å². The molecule has 2 aliphatic carbocycles. The quantitative estimate of drug-likeness (QED) is 0.765. The molecular weight excluding hydrogens is 289 g/mol. The highest BCUT2D eigenvalue weighted by molar-refractivity contribution is 5.22. The Kier molecular flexibility index (Phi) is 6.32. The van der Waals surface area contributed by atoms with Gasteiger partial charge in [-0.15, -0.1) is 0 Å². The molecule has 0 saturated heterocycles. The maximum absolute atomic E-state index is 12.9. The number of nitrogens with one attached hydrogen (secondary N) is 1. The first-order valence-electron chi connectivity index (χ1n) is 9.44. The minimum absolute atomic E-state index is 0.206. The van der Waals surface area contributed by atoms with Crippen molar-refractivity contribution in [1.82, 2.24) is 5.32 Å². The van der Waals surface area contributed by atoms with Crippen molar-refractivity contribution in [3.05, 3.63) is 30.1 Å². The lowest BCUT2D eigenvalue weighted by Crippen LogP contribution is -2.40. The van der Waals surface area contributed by atoms with Gasteiger partial charge in [-0.05, 0) is 68.7 Å². The minimum atomic E-state index is -0.206. The second-order valence-corrected chi connectivity index (χ2v) is 7.34. The maximum atomic E-state index is 12.9. The molecule has 23 heavy (non-hydrogen) atoms. The Bertz CT molecular complexity index is 445. The molecule has 0 bridgehead atoms. The summed E-state index contributed by atoms with van der Waals surface area (Å²) in [6, 6.07) is 7.82. The first-order valence-corrected chi connectivity index (χ1v) is 9.44. The van der Waals surface area contributed by atoms with E-state index in [-0.39, 0.29) is 5.82 Å². The predicted octanol–water partition coefficient (Wildman–Crippen LogP) is 5.08. The minimum Gasteiger partial charge on any atom is -0.493 e. The van der Waals surface area contributed by atoms with Crippen LogP contribution in [-0.4, -0.2) is 18.7 Å². The summed E-state index contributed by atoms with van der Waals surface area (Å²) < 4.78 is 18.7. The van der Waals surface area contributed by atoms with Gasteiger partial charge in [-0.2, -0.15) is 0 Å². The number of hydrogen-bond donors (Lipinski definition) is 1. The summed E-state index contributed by atoms with van der Waals surface area (Å²) in [6.07, 6.45) is 13.4. The van der Waals surface area contributed by atoms with Gasteiger partial charge in [-0.3, -0.25) is 0 Å². The molecule has 0 aliphatic heterocycles. The third kappa shape index (κ3) is 5.49. The molecule has 1 N–H and O–H groups in total. The van der Waals surface area contributed by atoms with Crippen LogP contribution in [0.3, 0.4) is 0 Å². The third-order valence-corrected chi connectivity index (χ3v) is 5.47. The zero-order valence-corrected chi connectivity index (χ0v) is 14.1. The monoisotopic (exact) mass is 319 g/mol. The third-order valence-electron chi connectivity index (χ3n) is 5.47. The molecule has 0 spiro atoms. The molecule has 2 saturated carbocycles. The van der Waals surface area contributed by atoms with Gasteiger partial charge in [0.25, 0.3) is 0 Å². The van der Waals surface area contributed by atoms with Crippen molar-refractivity contribution in [3.63, 3.8) is 0 Å². The smallest absolute Gasteiger partial charge is 0.123 e. The molecule has 2 aliphatic rings. The van der Waals surface area contributed by atoms with E-state index in [9.17, 15) is 4.39 Å². The lowest BCUT2D eigenvalue weighted by Gasteiger charge is -2.32. The van der Waals surface area contributed by atoms with Gasteiger partial charge in [-0.1, -0.05) is 25.7 Å². The Morgan fingerprint density at radius 3 is 2.09 bits per heavy atom. The van der Waals surface area contributed by atoms with Crippen molar-refractivity contribution in [3.8, 4) is 5.75 Å². The number of halogens is 1. The molecule has 2 nitrogen and oxygen atoms in total. The lowest BCUT2D eigenvalue weighted by molar-refractivity contribution is 0.185. The Labute approximate surface area is 139 Å². The van der Waals surface area contributed by atoms with Crippen molar-refractivity contribution in [2.45, 2.75) is 76.3 Å². The van der Waals surface area contributed by atoms with E-state index in [2.05, 4.69) is 5.32 Å². The molecule has 0 heterocycles. The summed E-state index contributed by atoms with van der Waals surface area (Å²) in [5.74, 6) is 1.22. The summed E-state index contributed by atoms with van der Waals surface area (Å²) in [6.45, 7) is 0.766. The van der Waals surface area contributed by atoms with Crippen LogP contribution in [0.2, 0.25) is 0 Å². The molecule has 0 aromatic heterocycles. The van der Waals surface area contributed by atoms with Gasteiger partial charge >= 0.3 is 0 Å². The van der Waals surface area contributed by atoms with Crippen LogP contribution in [0.5, 0.6) is 5.75 Å². The Morgan fingerprint density at radius 1 is 0.826 bits per heavy atom. The zero-order valence-electron chi connectivity index (χ0n) is 14.1. The second kappa shape index (κ2) is 8.68. The Balaban J connectivity index is 1.35. The van der Waals surface area contributed by atoms with E-state index in [4.69, 9.17) is 4.74 Å². The molecular formula is C20H30FNO. The molecule has 3 heteroatoms. The van der Waals surface area contributed by atoms with Crippen molar-refractivity contribution in [1.29, 1.82) is 0 Å². The van der Waals surface area contributed by atoms with E-state index in [0.717, 1.165) is 18.4 Å². The first kappa shape index (κ1) is 16.8. The van der Waals surface area contributed by atoms with Gasteiger partial charge < -0.3 is 10.1 Å². The molecule has 0 radical (unpaired) electrons. The van der Waals surface area contributed by atoms with Gasteiger partial charge in [-0.25, -0.2) is 4.39 Å². The van der Waals surface area contributed by atoms with Crippen LogP contribution in [-0.2, 0) is 0 Å². The number of hydrogen-bond acceptors (Lipinski definition) is 2. The molecule has 0 atom stereocenters. The van der Waals surface area contributed by atoms with Gasteiger partial charge in [0, 0.05) is 12.1 Å². The van der Waals surface area contributed by atoms with Crippen molar-refractivity contribution in [2.24, 2.45) is 5.92 Å². The Morgan fingerprint density at radius 2 is 1.43 bits per heavy atom. The summed E-state index contributed by atoms with van der Waals surface area (Å²) in [5.41, 5.74) is 0. The van der Waals surface area contributed by atoms with E-state index >= 15 is 0 Å². The number of rotatable bonds is 5. The van der Waals surface area contributed by atoms with Crippen LogP contribution < -0.4 is 10.1 Å². The van der Waals surface area contributed by atoms with E-state index in [1.165, 1.54) is 76.3 Å². The predicted molar refractivity (Wildman–Crippen MR) is 92.3 cm³/mol. The zero-order chi connectivity index (χ0) is 15.9. The van der Waals surface area contributed by atoms with Crippen molar-refractivity contribution in [2.75, 3.05) is 6.61 Å². The van der Waals surface area contributed by atoms with Crippen molar-refractivity contribution >= 4 is 0 Å². The topological polar surface area (TPSA) is 21.3 Å². The molecule has 2 fully saturated rings. The maximum Gasteiger partial charge on any atom is 0.123 e. The van der Waals surface area contributed by atoms with Crippen LogP contribution in [0.15, 0.2) is 24.3 Å².